The Morgan fingerprint density at radius 2 is 2.11 bits per heavy atom. The standard InChI is InChI=1S/C14H22N4O/c1-11-9-12(17(2)16-11)13(19)18-8-5-14(10-18)3-6-15-7-4-14/h9,15H,3-8,10H2,1-2H3. The normalized spacial score (nSPS) is 22.1. The molecule has 0 bridgehead atoms. The number of aromatic nitrogens is 2. The molecule has 19 heavy (non-hydrogen) atoms. The largest absolute Gasteiger partial charge is 0.337 e. The second-order valence-electron chi connectivity index (χ2n) is 6.02. The molecule has 1 aromatic heterocycles. The molecule has 0 atom stereocenters. The van der Waals surface area contributed by atoms with Crippen molar-refractivity contribution in [2.24, 2.45) is 12.5 Å². The van der Waals surface area contributed by atoms with Crippen molar-refractivity contribution in [3.05, 3.63) is 17.5 Å². The molecule has 1 aromatic rings. The first-order valence-corrected chi connectivity index (χ1v) is 7.10. The molecule has 5 heteroatoms. The van der Waals surface area contributed by atoms with Gasteiger partial charge in [0.05, 0.1) is 5.69 Å². The molecule has 104 valence electrons. The molecule has 5 nitrogen and oxygen atoms in total. The molecule has 3 heterocycles. The van der Waals surface area contributed by atoms with Crippen molar-refractivity contribution in [3.8, 4) is 0 Å². The molecular weight excluding hydrogens is 240 g/mol. The number of hydrogen-bond acceptors (Lipinski definition) is 3. The Morgan fingerprint density at radius 1 is 1.37 bits per heavy atom. The second kappa shape index (κ2) is 4.63. The van der Waals surface area contributed by atoms with Crippen molar-refractivity contribution in [2.45, 2.75) is 26.2 Å². The van der Waals surface area contributed by atoms with E-state index in [-0.39, 0.29) is 5.91 Å². The van der Waals surface area contributed by atoms with Gasteiger partial charge in [-0.05, 0) is 50.8 Å². The molecule has 1 amide bonds. The van der Waals surface area contributed by atoms with Gasteiger partial charge in [-0.1, -0.05) is 0 Å². The van der Waals surface area contributed by atoms with Gasteiger partial charge in [0.1, 0.15) is 5.69 Å². The maximum Gasteiger partial charge on any atom is 0.272 e. The molecule has 2 aliphatic heterocycles. The number of piperidine rings is 1. The maximum atomic E-state index is 12.6. The van der Waals surface area contributed by atoms with E-state index in [0.717, 1.165) is 38.3 Å². The van der Waals surface area contributed by atoms with Crippen molar-refractivity contribution < 1.29 is 4.79 Å². The summed E-state index contributed by atoms with van der Waals surface area (Å²) in [6, 6.07) is 1.88. The number of amides is 1. The number of nitrogens with one attached hydrogen (secondary N) is 1. The van der Waals surface area contributed by atoms with Gasteiger partial charge in [0.15, 0.2) is 0 Å². The van der Waals surface area contributed by atoms with E-state index in [1.165, 1.54) is 12.8 Å². The van der Waals surface area contributed by atoms with Gasteiger partial charge < -0.3 is 10.2 Å². The van der Waals surface area contributed by atoms with Crippen LogP contribution in [0.15, 0.2) is 6.07 Å². The van der Waals surface area contributed by atoms with E-state index >= 15 is 0 Å². The average molecular weight is 262 g/mol. The Hall–Kier alpha value is -1.36. The number of carbonyl (C=O) groups is 1. The fraction of sp³-hybridized carbons (Fsp3) is 0.714. The number of likely N-dealkylation sites (tertiary alicyclic amines) is 1. The number of carbonyl (C=O) groups excluding carboxylic acids is 1. The van der Waals surface area contributed by atoms with Crippen molar-refractivity contribution in [1.29, 1.82) is 0 Å². The van der Waals surface area contributed by atoms with Crippen LogP contribution in [0.25, 0.3) is 0 Å². The zero-order chi connectivity index (χ0) is 13.5. The van der Waals surface area contributed by atoms with Gasteiger partial charge in [-0.3, -0.25) is 9.48 Å². The van der Waals surface area contributed by atoms with Crippen LogP contribution in [0, 0.1) is 12.3 Å². The van der Waals surface area contributed by atoms with Crippen LogP contribution in [0.1, 0.15) is 35.4 Å². The van der Waals surface area contributed by atoms with Crippen LogP contribution < -0.4 is 5.32 Å². The molecule has 0 unspecified atom stereocenters. The zero-order valence-corrected chi connectivity index (χ0v) is 11.8. The third-order valence-electron chi connectivity index (χ3n) is 4.61. The molecule has 2 aliphatic rings. The topological polar surface area (TPSA) is 50.2 Å². The van der Waals surface area contributed by atoms with Crippen molar-refractivity contribution in [1.82, 2.24) is 20.0 Å². The highest BCUT2D eigenvalue weighted by Crippen LogP contribution is 2.38. The highest BCUT2D eigenvalue weighted by molar-refractivity contribution is 5.93. The molecular formula is C14H22N4O. The lowest BCUT2D eigenvalue weighted by molar-refractivity contribution is 0.0751. The zero-order valence-electron chi connectivity index (χ0n) is 11.8. The molecule has 3 rings (SSSR count). The van der Waals surface area contributed by atoms with E-state index in [9.17, 15) is 4.79 Å². The van der Waals surface area contributed by atoms with Crippen LogP contribution >= 0.6 is 0 Å². The van der Waals surface area contributed by atoms with Crippen molar-refractivity contribution in [2.75, 3.05) is 26.2 Å². The first-order valence-electron chi connectivity index (χ1n) is 7.10. The lowest BCUT2D eigenvalue weighted by atomic mass is 9.78. The van der Waals surface area contributed by atoms with E-state index < -0.39 is 0 Å². The maximum absolute atomic E-state index is 12.6. The average Bonchev–Trinajstić information content (AvgIpc) is 2.94. The van der Waals surface area contributed by atoms with E-state index in [2.05, 4.69) is 10.4 Å². The van der Waals surface area contributed by atoms with Gasteiger partial charge in [-0.2, -0.15) is 5.10 Å². The van der Waals surface area contributed by atoms with Gasteiger partial charge >= 0.3 is 0 Å². The summed E-state index contributed by atoms with van der Waals surface area (Å²) in [5, 5.41) is 7.67. The number of rotatable bonds is 1. The molecule has 0 aliphatic carbocycles. The lowest BCUT2D eigenvalue weighted by Gasteiger charge is -2.33. The molecule has 0 radical (unpaired) electrons. The fourth-order valence-electron chi connectivity index (χ4n) is 3.45. The first kappa shape index (κ1) is 12.7. The lowest BCUT2D eigenvalue weighted by Crippen LogP contribution is -2.40. The summed E-state index contributed by atoms with van der Waals surface area (Å²) in [7, 11) is 1.84. The molecule has 1 spiro atoms. The number of hydrogen-bond donors (Lipinski definition) is 1. The van der Waals surface area contributed by atoms with E-state index in [1.807, 2.05) is 24.9 Å². The fourth-order valence-corrected chi connectivity index (χ4v) is 3.45. The summed E-state index contributed by atoms with van der Waals surface area (Å²) >= 11 is 0. The van der Waals surface area contributed by atoms with Crippen LogP contribution in [0.5, 0.6) is 0 Å². The van der Waals surface area contributed by atoms with Crippen molar-refractivity contribution in [3.63, 3.8) is 0 Å². The van der Waals surface area contributed by atoms with Gasteiger partial charge in [-0.25, -0.2) is 0 Å². The smallest absolute Gasteiger partial charge is 0.272 e. The highest BCUT2D eigenvalue weighted by Gasteiger charge is 2.41. The summed E-state index contributed by atoms with van der Waals surface area (Å²) in [6.45, 7) is 5.91. The van der Waals surface area contributed by atoms with E-state index in [0.29, 0.717) is 11.1 Å². The van der Waals surface area contributed by atoms with Gasteiger partial charge in [0.2, 0.25) is 0 Å². The summed E-state index contributed by atoms with van der Waals surface area (Å²) in [5.74, 6) is 0.138. The Labute approximate surface area is 114 Å². The molecule has 0 aromatic carbocycles. The minimum absolute atomic E-state index is 0.138. The third kappa shape index (κ3) is 2.27. The number of aryl methyl sites for hydroxylation is 2. The van der Waals surface area contributed by atoms with Crippen LogP contribution in [0.4, 0.5) is 0 Å². The minimum Gasteiger partial charge on any atom is -0.337 e. The Kier molecular flexibility index (Phi) is 3.09. The summed E-state index contributed by atoms with van der Waals surface area (Å²) in [6.07, 6.45) is 3.54. The first-order chi connectivity index (χ1) is 9.10. The Bertz CT molecular complexity index is 488. The SMILES string of the molecule is Cc1cc(C(=O)N2CCC3(CCNCC3)C2)n(C)n1. The molecule has 1 N–H and O–H groups in total. The predicted octanol–water partition coefficient (Wildman–Crippen LogP) is 0.944. The summed E-state index contributed by atoms with van der Waals surface area (Å²) in [4.78, 5) is 14.6. The number of nitrogens with zero attached hydrogens (tertiary/aromatic N) is 3. The summed E-state index contributed by atoms with van der Waals surface area (Å²) in [5.41, 5.74) is 1.99. The van der Waals surface area contributed by atoms with Gasteiger partial charge in [0, 0.05) is 20.1 Å². The predicted molar refractivity (Wildman–Crippen MR) is 73.0 cm³/mol. The van der Waals surface area contributed by atoms with Crippen LogP contribution in [0.2, 0.25) is 0 Å². The monoisotopic (exact) mass is 262 g/mol. The second-order valence-corrected chi connectivity index (χ2v) is 6.02. The van der Waals surface area contributed by atoms with Gasteiger partial charge in [0.25, 0.3) is 5.91 Å². The molecule has 2 fully saturated rings. The quantitative estimate of drug-likeness (QED) is 0.819. The Balaban J connectivity index is 1.74. The van der Waals surface area contributed by atoms with Crippen LogP contribution in [-0.2, 0) is 7.05 Å². The van der Waals surface area contributed by atoms with Gasteiger partial charge in [-0.15, -0.1) is 0 Å². The summed E-state index contributed by atoms with van der Waals surface area (Å²) < 4.78 is 1.70. The molecule has 0 saturated carbocycles. The van der Waals surface area contributed by atoms with E-state index in [4.69, 9.17) is 0 Å². The Morgan fingerprint density at radius 3 is 2.74 bits per heavy atom. The molecule has 2 saturated heterocycles. The third-order valence-corrected chi connectivity index (χ3v) is 4.61. The van der Waals surface area contributed by atoms with E-state index in [1.54, 1.807) is 4.68 Å². The van der Waals surface area contributed by atoms with Crippen LogP contribution in [-0.4, -0.2) is 46.8 Å². The highest BCUT2D eigenvalue weighted by atomic mass is 16.2. The van der Waals surface area contributed by atoms with Crippen LogP contribution in [0.3, 0.4) is 0 Å². The van der Waals surface area contributed by atoms with Crippen molar-refractivity contribution >= 4 is 5.91 Å². The minimum atomic E-state index is 0.138.